The van der Waals surface area contributed by atoms with Gasteiger partial charge in [0.25, 0.3) is 0 Å². The second-order valence-electron chi connectivity index (χ2n) is 5.60. The van der Waals surface area contributed by atoms with E-state index in [0.717, 1.165) is 6.42 Å². The number of nitrogens with two attached hydrogens (primary N) is 1. The Hall–Kier alpha value is -0.980. The van der Waals surface area contributed by atoms with E-state index in [9.17, 15) is 8.42 Å². The van der Waals surface area contributed by atoms with Gasteiger partial charge in [-0.25, -0.2) is 12.7 Å². The largest absolute Gasteiger partial charge is 0.389 e. The Morgan fingerprint density at radius 2 is 2.10 bits per heavy atom. The molecular formula is C14H20N2O2S2. The van der Waals surface area contributed by atoms with Crippen LogP contribution >= 0.6 is 12.2 Å². The van der Waals surface area contributed by atoms with Gasteiger partial charge < -0.3 is 5.73 Å². The molecule has 2 atom stereocenters. The third-order valence-electron chi connectivity index (χ3n) is 3.93. The van der Waals surface area contributed by atoms with Crippen LogP contribution in [-0.2, 0) is 10.0 Å². The first-order chi connectivity index (χ1) is 9.23. The zero-order valence-corrected chi connectivity index (χ0v) is 13.6. The zero-order chi connectivity index (χ0) is 15.1. The molecule has 4 nitrogen and oxygen atoms in total. The van der Waals surface area contributed by atoms with Gasteiger partial charge in [-0.2, -0.15) is 0 Å². The molecular weight excluding hydrogens is 292 g/mol. The molecule has 6 heteroatoms. The van der Waals surface area contributed by atoms with Crippen LogP contribution in [0.1, 0.15) is 24.5 Å². The first-order valence-electron chi connectivity index (χ1n) is 6.60. The van der Waals surface area contributed by atoms with E-state index >= 15 is 0 Å². The summed E-state index contributed by atoms with van der Waals surface area (Å²) in [7, 11) is -1.85. The summed E-state index contributed by atoms with van der Waals surface area (Å²) in [5.41, 5.74) is 6.87. The van der Waals surface area contributed by atoms with Crippen LogP contribution in [-0.4, -0.2) is 31.3 Å². The predicted octanol–water partition coefficient (Wildman–Crippen LogP) is 1.91. The molecule has 1 aromatic rings. The number of hydrogen-bond donors (Lipinski definition) is 1. The predicted molar refractivity (Wildman–Crippen MR) is 84.2 cm³/mol. The maximum atomic E-state index is 12.6. The molecule has 0 aliphatic heterocycles. The fraction of sp³-hybridized carbons (Fsp3) is 0.500. The molecule has 1 fully saturated rings. The maximum Gasteiger partial charge on any atom is 0.243 e. The van der Waals surface area contributed by atoms with Crippen molar-refractivity contribution in [1.82, 2.24) is 4.31 Å². The lowest BCUT2D eigenvalue weighted by atomic mass is 10.1. The van der Waals surface area contributed by atoms with Gasteiger partial charge in [0.1, 0.15) is 4.99 Å². The van der Waals surface area contributed by atoms with Crippen molar-refractivity contribution in [3.05, 3.63) is 29.3 Å². The molecule has 0 aromatic heterocycles. The summed E-state index contributed by atoms with van der Waals surface area (Å²) in [5, 5.41) is 0. The van der Waals surface area contributed by atoms with Crippen molar-refractivity contribution in [2.45, 2.75) is 25.2 Å². The molecule has 0 bridgehead atoms. The number of thiocarbonyl (C=S) groups is 1. The van der Waals surface area contributed by atoms with Gasteiger partial charge in [0.15, 0.2) is 0 Å². The fourth-order valence-corrected chi connectivity index (χ4v) is 3.88. The van der Waals surface area contributed by atoms with E-state index in [1.165, 1.54) is 4.31 Å². The highest BCUT2D eigenvalue weighted by Gasteiger charge is 2.36. The number of aryl methyl sites for hydroxylation is 1. The van der Waals surface area contributed by atoms with Crippen molar-refractivity contribution in [2.24, 2.45) is 17.6 Å². The summed E-state index contributed by atoms with van der Waals surface area (Å²) in [6.45, 7) is 4.49. The monoisotopic (exact) mass is 312 g/mol. The number of nitrogens with zero attached hydrogens (tertiary/aromatic N) is 1. The number of sulfonamides is 1. The van der Waals surface area contributed by atoms with E-state index in [4.69, 9.17) is 18.0 Å². The van der Waals surface area contributed by atoms with Gasteiger partial charge in [0.05, 0.1) is 4.90 Å². The van der Waals surface area contributed by atoms with Crippen molar-refractivity contribution in [3.63, 3.8) is 0 Å². The van der Waals surface area contributed by atoms with Gasteiger partial charge in [-0.05, 0) is 36.8 Å². The molecule has 2 unspecified atom stereocenters. The van der Waals surface area contributed by atoms with Gasteiger partial charge in [0, 0.05) is 19.2 Å². The van der Waals surface area contributed by atoms with Crippen LogP contribution in [0.5, 0.6) is 0 Å². The summed E-state index contributed by atoms with van der Waals surface area (Å²) >= 11 is 4.92. The maximum absolute atomic E-state index is 12.6. The normalized spacial score (nSPS) is 22.0. The molecule has 0 amide bonds. The number of rotatable bonds is 5. The Bertz CT molecular complexity index is 641. The average molecular weight is 312 g/mol. The van der Waals surface area contributed by atoms with Gasteiger partial charge in [-0.1, -0.05) is 31.3 Å². The van der Waals surface area contributed by atoms with Crippen molar-refractivity contribution in [2.75, 3.05) is 13.6 Å². The van der Waals surface area contributed by atoms with Crippen LogP contribution in [0.2, 0.25) is 0 Å². The Balaban J connectivity index is 2.32. The molecule has 20 heavy (non-hydrogen) atoms. The molecule has 2 N–H and O–H groups in total. The summed E-state index contributed by atoms with van der Waals surface area (Å²) in [5.74, 6) is 1.10. The molecule has 1 aliphatic carbocycles. The third-order valence-corrected chi connectivity index (χ3v) is 6.13. The standard InChI is InChI=1S/C14H20N2O2S2/c1-9-4-5-11(14(15)19)7-13(9)20(17,18)16(3)8-12-6-10(12)2/h4-5,7,10,12H,6,8H2,1-3H3,(H2,15,19). The van der Waals surface area contributed by atoms with Crippen molar-refractivity contribution < 1.29 is 8.42 Å². The van der Waals surface area contributed by atoms with Crippen molar-refractivity contribution in [1.29, 1.82) is 0 Å². The molecule has 2 rings (SSSR count). The Labute approximate surface area is 126 Å². The minimum atomic E-state index is -3.49. The van der Waals surface area contributed by atoms with Crippen molar-refractivity contribution >= 4 is 27.2 Å². The van der Waals surface area contributed by atoms with Gasteiger partial charge >= 0.3 is 0 Å². The molecule has 0 radical (unpaired) electrons. The van der Waals surface area contributed by atoms with Gasteiger partial charge in [0.2, 0.25) is 10.0 Å². The summed E-state index contributed by atoms with van der Waals surface area (Å²) in [6.07, 6.45) is 1.10. The second kappa shape index (κ2) is 5.42. The number of hydrogen-bond acceptors (Lipinski definition) is 3. The molecule has 0 heterocycles. The summed E-state index contributed by atoms with van der Waals surface area (Å²) in [4.78, 5) is 0.499. The van der Waals surface area contributed by atoms with E-state index in [2.05, 4.69) is 6.92 Å². The molecule has 0 spiro atoms. The lowest BCUT2D eigenvalue weighted by Gasteiger charge is -2.19. The van der Waals surface area contributed by atoms with E-state index in [1.54, 1.807) is 32.2 Å². The smallest absolute Gasteiger partial charge is 0.243 e. The molecule has 1 saturated carbocycles. The molecule has 110 valence electrons. The molecule has 1 aliphatic rings. The lowest BCUT2D eigenvalue weighted by molar-refractivity contribution is 0.444. The average Bonchev–Trinajstić information content (AvgIpc) is 3.04. The Morgan fingerprint density at radius 1 is 1.50 bits per heavy atom. The second-order valence-corrected chi connectivity index (χ2v) is 8.06. The zero-order valence-electron chi connectivity index (χ0n) is 12.0. The first-order valence-corrected chi connectivity index (χ1v) is 8.45. The van der Waals surface area contributed by atoms with E-state index < -0.39 is 10.0 Å². The minimum Gasteiger partial charge on any atom is -0.389 e. The van der Waals surface area contributed by atoms with Crippen LogP contribution in [0.15, 0.2) is 23.1 Å². The number of benzene rings is 1. The minimum absolute atomic E-state index is 0.208. The van der Waals surface area contributed by atoms with E-state index in [1.807, 2.05) is 0 Å². The highest BCUT2D eigenvalue weighted by atomic mass is 32.2. The quantitative estimate of drug-likeness (QED) is 0.844. The third kappa shape index (κ3) is 3.02. The topological polar surface area (TPSA) is 63.4 Å². The van der Waals surface area contributed by atoms with E-state index in [0.29, 0.717) is 34.4 Å². The highest BCUT2D eigenvalue weighted by Crippen LogP contribution is 2.38. The van der Waals surface area contributed by atoms with Crippen LogP contribution < -0.4 is 5.73 Å². The van der Waals surface area contributed by atoms with Crippen LogP contribution in [0.25, 0.3) is 0 Å². The van der Waals surface area contributed by atoms with Gasteiger partial charge in [-0.3, -0.25) is 0 Å². The molecule has 1 aromatic carbocycles. The SMILES string of the molecule is Cc1ccc(C(N)=S)cc1S(=O)(=O)N(C)CC1CC1C. The van der Waals surface area contributed by atoms with Crippen LogP contribution in [0, 0.1) is 18.8 Å². The summed E-state index contributed by atoms with van der Waals surface area (Å²) < 4.78 is 26.7. The fourth-order valence-electron chi connectivity index (χ4n) is 2.28. The van der Waals surface area contributed by atoms with E-state index in [-0.39, 0.29) is 4.99 Å². The van der Waals surface area contributed by atoms with Crippen LogP contribution in [0.4, 0.5) is 0 Å². The Morgan fingerprint density at radius 3 is 2.60 bits per heavy atom. The lowest BCUT2D eigenvalue weighted by Crippen LogP contribution is -2.30. The molecule has 0 saturated heterocycles. The van der Waals surface area contributed by atoms with Crippen molar-refractivity contribution in [3.8, 4) is 0 Å². The van der Waals surface area contributed by atoms with Crippen LogP contribution in [0.3, 0.4) is 0 Å². The Kier molecular flexibility index (Phi) is 4.18. The first kappa shape index (κ1) is 15.4. The van der Waals surface area contributed by atoms with Gasteiger partial charge in [-0.15, -0.1) is 0 Å². The highest BCUT2D eigenvalue weighted by molar-refractivity contribution is 7.89. The summed E-state index contributed by atoms with van der Waals surface area (Å²) in [6, 6.07) is 5.06.